The number of hydrogen-bond donors (Lipinski definition) is 1. The van der Waals surface area contributed by atoms with E-state index in [2.05, 4.69) is 47.0 Å². The van der Waals surface area contributed by atoms with Crippen LogP contribution >= 0.6 is 11.3 Å². The van der Waals surface area contributed by atoms with Crippen LogP contribution in [0.15, 0.2) is 29.3 Å². The number of aromatic nitrogens is 4. The number of carbonyl (C=O) groups is 1. The SMILES string of the molecule is CCN(CC)c1ccc(NC(=O)Cn2c(=O)nc3c4c5c(sc4ncn32)CC(C)CC5)c(C)c1. The summed E-state index contributed by atoms with van der Waals surface area (Å²) in [6, 6.07) is 6.00. The van der Waals surface area contributed by atoms with Crippen molar-refractivity contribution in [3.05, 3.63) is 51.0 Å². The van der Waals surface area contributed by atoms with Gasteiger partial charge in [0, 0.05) is 29.3 Å². The zero-order chi connectivity index (χ0) is 24.0. The second-order valence-electron chi connectivity index (χ2n) is 9.12. The average Bonchev–Trinajstić information content (AvgIpc) is 3.33. The molecule has 3 aromatic heterocycles. The molecule has 1 unspecified atom stereocenters. The first kappa shape index (κ1) is 22.6. The van der Waals surface area contributed by atoms with Gasteiger partial charge in [-0.2, -0.15) is 4.98 Å². The van der Waals surface area contributed by atoms with E-state index in [1.807, 2.05) is 19.1 Å². The van der Waals surface area contributed by atoms with Gasteiger partial charge in [-0.1, -0.05) is 6.92 Å². The van der Waals surface area contributed by atoms with Crippen molar-refractivity contribution in [3.8, 4) is 0 Å². The fraction of sp³-hybridized carbons (Fsp3) is 0.440. The van der Waals surface area contributed by atoms with Gasteiger partial charge in [0.25, 0.3) is 0 Å². The number of fused-ring (bicyclic) bond motifs is 5. The number of carbonyl (C=O) groups excluding carboxylic acids is 1. The van der Waals surface area contributed by atoms with E-state index in [0.29, 0.717) is 11.6 Å². The Bertz CT molecular complexity index is 1450. The molecule has 0 radical (unpaired) electrons. The van der Waals surface area contributed by atoms with E-state index in [1.54, 1.807) is 22.2 Å². The highest BCUT2D eigenvalue weighted by atomic mass is 32.1. The second-order valence-corrected chi connectivity index (χ2v) is 10.2. The Labute approximate surface area is 202 Å². The number of amides is 1. The van der Waals surface area contributed by atoms with Crippen molar-refractivity contribution in [2.45, 2.75) is 53.5 Å². The molecule has 0 saturated carbocycles. The maximum absolute atomic E-state index is 12.9. The number of rotatable bonds is 6. The van der Waals surface area contributed by atoms with E-state index >= 15 is 0 Å². The van der Waals surface area contributed by atoms with Crippen LogP contribution < -0.4 is 15.9 Å². The topological polar surface area (TPSA) is 84.5 Å². The summed E-state index contributed by atoms with van der Waals surface area (Å²) in [6.45, 7) is 10.2. The molecule has 1 N–H and O–H groups in total. The van der Waals surface area contributed by atoms with E-state index in [4.69, 9.17) is 0 Å². The summed E-state index contributed by atoms with van der Waals surface area (Å²) in [5.74, 6) is 0.383. The first-order valence-electron chi connectivity index (χ1n) is 11.9. The van der Waals surface area contributed by atoms with E-state index in [0.717, 1.165) is 59.5 Å². The molecule has 1 aliphatic rings. The number of aryl methyl sites for hydroxylation is 2. The van der Waals surface area contributed by atoms with E-state index in [9.17, 15) is 9.59 Å². The summed E-state index contributed by atoms with van der Waals surface area (Å²) >= 11 is 1.70. The van der Waals surface area contributed by atoms with Gasteiger partial charge in [0.2, 0.25) is 5.91 Å². The standard InChI is InChI=1S/C25H30N6O2S/c1-5-29(6-2)17-8-10-19(16(4)12-17)27-21(32)13-30-25(33)28-23-22-18-9-7-15(3)11-20(18)34-24(22)26-14-31(23)30/h8,10,12,14-15H,5-7,9,11,13H2,1-4H3,(H,27,32). The van der Waals surface area contributed by atoms with Gasteiger partial charge in [0.05, 0.1) is 5.39 Å². The molecule has 34 heavy (non-hydrogen) atoms. The van der Waals surface area contributed by atoms with Crippen molar-refractivity contribution < 1.29 is 4.79 Å². The molecule has 8 nitrogen and oxygen atoms in total. The lowest BCUT2D eigenvalue weighted by atomic mass is 9.89. The van der Waals surface area contributed by atoms with Crippen molar-refractivity contribution in [2.75, 3.05) is 23.3 Å². The quantitative estimate of drug-likeness (QED) is 0.452. The smallest absolute Gasteiger partial charge is 0.365 e. The summed E-state index contributed by atoms with van der Waals surface area (Å²) in [4.78, 5) is 39.1. The summed E-state index contributed by atoms with van der Waals surface area (Å²) < 4.78 is 2.98. The van der Waals surface area contributed by atoms with E-state index in [1.165, 1.54) is 15.1 Å². The Morgan fingerprint density at radius 2 is 2.09 bits per heavy atom. The van der Waals surface area contributed by atoms with Crippen molar-refractivity contribution in [1.82, 2.24) is 19.2 Å². The molecular formula is C25H30N6O2S. The maximum atomic E-state index is 12.9. The van der Waals surface area contributed by atoms with Gasteiger partial charge >= 0.3 is 5.69 Å². The van der Waals surface area contributed by atoms with Crippen LogP contribution in [0.3, 0.4) is 0 Å². The minimum absolute atomic E-state index is 0.131. The lowest BCUT2D eigenvalue weighted by Gasteiger charge is -2.22. The van der Waals surface area contributed by atoms with Gasteiger partial charge in [-0.25, -0.2) is 19.0 Å². The fourth-order valence-electron chi connectivity index (χ4n) is 4.90. The highest BCUT2D eigenvalue weighted by molar-refractivity contribution is 7.19. The summed E-state index contributed by atoms with van der Waals surface area (Å²) in [6.07, 6.45) is 4.75. The molecule has 9 heteroatoms. The molecule has 0 saturated heterocycles. The average molecular weight is 479 g/mol. The van der Waals surface area contributed by atoms with Gasteiger partial charge in [0.15, 0.2) is 5.65 Å². The minimum atomic E-state index is -0.442. The van der Waals surface area contributed by atoms with Gasteiger partial charge in [0.1, 0.15) is 17.7 Å². The summed E-state index contributed by atoms with van der Waals surface area (Å²) in [5.41, 5.74) is 4.26. The molecule has 1 aromatic carbocycles. The Balaban J connectivity index is 1.43. The zero-order valence-corrected chi connectivity index (χ0v) is 20.9. The van der Waals surface area contributed by atoms with Crippen molar-refractivity contribution in [3.63, 3.8) is 0 Å². The summed E-state index contributed by atoms with van der Waals surface area (Å²) in [5, 5.41) is 3.92. The number of nitrogens with one attached hydrogen (secondary N) is 1. The molecule has 4 aromatic rings. The molecule has 3 heterocycles. The first-order valence-corrected chi connectivity index (χ1v) is 12.7. The lowest BCUT2D eigenvalue weighted by Crippen LogP contribution is -2.29. The normalized spacial score (nSPS) is 15.6. The molecule has 1 atom stereocenters. The van der Waals surface area contributed by atoms with Gasteiger partial charge in [-0.05, 0) is 75.3 Å². The van der Waals surface area contributed by atoms with Crippen molar-refractivity contribution in [1.29, 1.82) is 0 Å². The van der Waals surface area contributed by atoms with Crippen molar-refractivity contribution in [2.24, 2.45) is 5.92 Å². The predicted molar refractivity (Wildman–Crippen MR) is 137 cm³/mol. The lowest BCUT2D eigenvalue weighted by molar-refractivity contribution is -0.117. The van der Waals surface area contributed by atoms with Crippen LogP contribution in [-0.4, -0.2) is 38.2 Å². The van der Waals surface area contributed by atoms with E-state index in [-0.39, 0.29) is 12.5 Å². The number of benzene rings is 1. The van der Waals surface area contributed by atoms with Crippen LogP contribution in [0, 0.1) is 12.8 Å². The molecule has 0 bridgehead atoms. The second kappa shape index (κ2) is 8.87. The molecule has 0 fully saturated rings. The highest BCUT2D eigenvalue weighted by Crippen LogP contribution is 2.38. The van der Waals surface area contributed by atoms with Crippen molar-refractivity contribution >= 4 is 44.5 Å². The number of anilines is 2. The van der Waals surface area contributed by atoms with Crippen LogP contribution in [0.25, 0.3) is 15.9 Å². The largest absolute Gasteiger partial charge is 0.372 e. The molecular weight excluding hydrogens is 448 g/mol. The Morgan fingerprint density at radius 3 is 2.82 bits per heavy atom. The number of hydrogen-bond acceptors (Lipinski definition) is 6. The maximum Gasteiger partial charge on any atom is 0.365 e. The monoisotopic (exact) mass is 478 g/mol. The number of nitrogens with zero attached hydrogens (tertiary/aromatic N) is 5. The van der Waals surface area contributed by atoms with Crippen LogP contribution in [0.5, 0.6) is 0 Å². The molecule has 0 aliphatic heterocycles. The third-order valence-corrected chi connectivity index (χ3v) is 7.97. The Hall–Kier alpha value is -3.20. The van der Waals surface area contributed by atoms with Crippen LogP contribution in [0.2, 0.25) is 0 Å². The summed E-state index contributed by atoms with van der Waals surface area (Å²) in [7, 11) is 0. The van der Waals surface area contributed by atoms with Crippen LogP contribution in [0.1, 0.15) is 43.2 Å². The van der Waals surface area contributed by atoms with Crippen LogP contribution in [0.4, 0.5) is 11.4 Å². The highest BCUT2D eigenvalue weighted by Gasteiger charge is 2.24. The Morgan fingerprint density at radius 1 is 1.29 bits per heavy atom. The molecule has 1 aliphatic carbocycles. The number of thiophene rings is 1. The third-order valence-electron chi connectivity index (χ3n) is 6.81. The van der Waals surface area contributed by atoms with Gasteiger partial charge < -0.3 is 10.2 Å². The first-order chi connectivity index (χ1) is 16.4. The van der Waals surface area contributed by atoms with Crippen LogP contribution in [-0.2, 0) is 24.2 Å². The van der Waals surface area contributed by atoms with Gasteiger partial charge in [-0.3, -0.25) is 4.79 Å². The minimum Gasteiger partial charge on any atom is -0.372 e. The fourth-order valence-corrected chi connectivity index (χ4v) is 6.25. The molecule has 0 spiro atoms. The predicted octanol–water partition coefficient (Wildman–Crippen LogP) is 4.02. The third kappa shape index (κ3) is 3.87. The Kier molecular flexibility index (Phi) is 5.89. The molecule has 5 rings (SSSR count). The van der Waals surface area contributed by atoms with E-state index < -0.39 is 5.69 Å². The molecule has 178 valence electrons. The zero-order valence-electron chi connectivity index (χ0n) is 20.1. The van der Waals surface area contributed by atoms with Gasteiger partial charge in [-0.15, -0.1) is 11.3 Å². The molecule has 1 amide bonds.